The Labute approximate surface area is 263 Å². The second kappa shape index (κ2) is 13.9. The Kier molecular flexibility index (Phi) is 10.5. The molecule has 2 aliphatic heterocycles. The molecule has 4 rings (SSSR count). The number of amides is 2. The summed E-state index contributed by atoms with van der Waals surface area (Å²) in [6, 6.07) is -0.285. The van der Waals surface area contributed by atoms with Crippen LogP contribution in [0.3, 0.4) is 0 Å². The molecule has 0 radical (unpaired) electrons. The van der Waals surface area contributed by atoms with Crippen molar-refractivity contribution in [3.8, 4) is 0 Å². The summed E-state index contributed by atoms with van der Waals surface area (Å²) >= 11 is 4.29. The van der Waals surface area contributed by atoms with Gasteiger partial charge in [0.25, 0.3) is 0 Å². The van der Waals surface area contributed by atoms with Gasteiger partial charge in [0, 0.05) is 66.0 Å². The highest BCUT2D eigenvalue weighted by atomic mass is 32.1. The molecule has 2 amide bonds. The zero-order valence-corrected chi connectivity index (χ0v) is 27.1. The van der Waals surface area contributed by atoms with Gasteiger partial charge in [-0.3, -0.25) is 19.2 Å². The highest BCUT2D eigenvalue weighted by Crippen LogP contribution is 2.31. The summed E-state index contributed by atoms with van der Waals surface area (Å²) in [5.74, 6) is -1.30. The number of carbonyl (C=O) groups excluding carboxylic acids is 2. The minimum absolute atomic E-state index is 0.0208. The van der Waals surface area contributed by atoms with Crippen LogP contribution in [0.1, 0.15) is 91.5 Å². The number of carboxylic acids is 2. The van der Waals surface area contributed by atoms with E-state index in [9.17, 15) is 29.4 Å². The van der Waals surface area contributed by atoms with Crippen LogP contribution in [0.2, 0.25) is 0 Å². The summed E-state index contributed by atoms with van der Waals surface area (Å²) in [6.07, 6.45) is 3.57. The maximum absolute atomic E-state index is 12.6. The van der Waals surface area contributed by atoms with Gasteiger partial charge in [-0.05, 0) is 92.5 Å². The molecule has 4 heterocycles. The third-order valence-electron chi connectivity index (χ3n) is 9.36. The van der Waals surface area contributed by atoms with E-state index < -0.39 is 11.9 Å². The zero-order chi connectivity index (χ0) is 32.3. The number of aliphatic carboxylic acids is 2. The van der Waals surface area contributed by atoms with Gasteiger partial charge < -0.3 is 30.8 Å². The fraction of sp³-hybridized carbons (Fsp3) is 0.515. The topological polar surface area (TPSA) is 164 Å². The maximum Gasteiger partial charge on any atom is 0.303 e. The fourth-order valence-corrected chi connectivity index (χ4v) is 7.00. The molecule has 2 aromatic rings. The van der Waals surface area contributed by atoms with E-state index in [0.29, 0.717) is 44.3 Å². The Hall–Kier alpha value is -3.73. The van der Waals surface area contributed by atoms with Crippen molar-refractivity contribution in [1.29, 1.82) is 0 Å². The molecule has 11 heteroatoms. The molecule has 44 heavy (non-hydrogen) atoms. The average Bonchev–Trinajstić information content (AvgIpc) is 3.60. The van der Waals surface area contributed by atoms with Crippen LogP contribution in [0.4, 0.5) is 0 Å². The van der Waals surface area contributed by atoms with Crippen molar-refractivity contribution >= 4 is 36.4 Å². The summed E-state index contributed by atoms with van der Waals surface area (Å²) in [5.41, 5.74) is 11.1. The van der Waals surface area contributed by atoms with Crippen molar-refractivity contribution < 1.29 is 29.4 Å². The van der Waals surface area contributed by atoms with E-state index in [4.69, 9.17) is 0 Å². The molecule has 0 bridgehead atoms. The van der Waals surface area contributed by atoms with Gasteiger partial charge in [-0.1, -0.05) is 6.92 Å². The predicted octanol–water partition coefficient (Wildman–Crippen LogP) is 4.03. The summed E-state index contributed by atoms with van der Waals surface area (Å²) in [4.78, 5) is 55.2. The molecule has 10 nitrogen and oxygen atoms in total. The van der Waals surface area contributed by atoms with Crippen molar-refractivity contribution in [3.05, 3.63) is 67.3 Å². The molecule has 238 valence electrons. The first-order valence-electron chi connectivity index (χ1n) is 15.3. The summed E-state index contributed by atoms with van der Waals surface area (Å²) in [6.45, 7) is 9.83. The second-order valence-electron chi connectivity index (χ2n) is 11.9. The standard InChI is InChI=1S/C33H44N4O6S/c1-6-20-19(5)32(42)37-27(20)14-25-17(3)22(8-10-31(40)41)29(35-25)15-28-21(7-9-30(38)39)16(2)24(34-28)13-26-18(4)23(11-12-44)33(43)36-26/h26-27,34-35,44H,6-15H2,1-5H3,(H,36,43)(H,37,42)(H,38,39)(H,40,41)/t26-,27+/m1/s1. The maximum atomic E-state index is 12.6. The summed E-state index contributed by atoms with van der Waals surface area (Å²) in [7, 11) is 0. The van der Waals surface area contributed by atoms with Crippen LogP contribution < -0.4 is 10.6 Å². The minimum Gasteiger partial charge on any atom is -0.481 e. The van der Waals surface area contributed by atoms with E-state index >= 15 is 0 Å². The Morgan fingerprint density at radius 2 is 1.25 bits per heavy atom. The van der Waals surface area contributed by atoms with Gasteiger partial charge in [-0.25, -0.2) is 0 Å². The molecule has 0 aromatic carbocycles. The molecule has 0 fully saturated rings. The first kappa shape index (κ1) is 33.2. The normalized spacial score (nSPS) is 18.4. The summed E-state index contributed by atoms with van der Waals surface area (Å²) < 4.78 is 0. The van der Waals surface area contributed by atoms with Gasteiger partial charge in [-0.15, -0.1) is 0 Å². The van der Waals surface area contributed by atoms with Crippen molar-refractivity contribution in [3.63, 3.8) is 0 Å². The number of carbonyl (C=O) groups is 4. The molecule has 2 atom stereocenters. The number of carboxylic acid groups (broad SMARTS) is 2. The van der Waals surface area contributed by atoms with Gasteiger partial charge in [0.2, 0.25) is 11.8 Å². The van der Waals surface area contributed by atoms with Crippen LogP contribution in [0.25, 0.3) is 0 Å². The lowest BCUT2D eigenvalue weighted by molar-refractivity contribution is -0.138. The molecular weight excluding hydrogens is 580 g/mol. The van der Waals surface area contributed by atoms with Gasteiger partial charge in [0.1, 0.15) is 0 Å². The lowest BCUT2D eigenvalue weighted by Crippen LogP contribution is -2.31. The van der Waals surface area contributed by atoms with E-state index in [1.807, 2.05) is 34.6 Å². The highest BCUT2D eigenvalue weighted by Gasteiger charge is 2.31. The molecular formula is C33H44N4O6S. The monoisotopic (exact) mass is 624 g/mol. The molecule has 0 spiro atoms. The third kappa shape index (κ3) is 6.98. The Morgan fingerprint density at radius 3 is 1.73 bits per heavy atom. The molecule has 0 aliphatic carbocycles. The van der Waals surface area contributed by atoms with Crippen LogP contribution in [0, 0.1) is 13.8 Å². The number of rotatable bonds is 15. The van der Waals surface area contributed by atoms with E-state index in [-0.39, 0.29) is 36.7 Å². The first-order valence-corrected chi connectivity index (χ1v) is 15.9. The van der Waals surface area contributed by atoms with Crippen molar-refractivity contribution in [2.24, 2.45) is 0 Å². The quantitative estimate of drug-likeness (QED) is 0.148. The molecule has 0 saturated carbocycles. The van der Waals surface area contributed by atoms with Crippen molar-refractivity contribution in [2.45, 2.75) is 104 Å². The van der Waals surface area contributed by atoms with Gasteiger partial charge in [-0.2, -0.15) is 12.6 Å². The molecule has 0 unspecified atom stereocenters. The molecule has 2 aromatic heterocycles. The van der Waals surface area contributed by atoms with E-state index in [0.717, 1.165) is 73.7 Å². The number of thiol groups is 1. The predicted molar refractivity (Wildman–Crippen MR) is 171 cm³/mol. The van der Waals surface area contributed by atoms with E-state index in [1.54, 1.807) is 0 Å². The highest BCUT2D eigenvalue weighted by molar-refractivity contribution is 7.80. The molecule has 2 aliphatic rings. The zero-order valence-electron chi connectivity index (χ0n) is 26.2. The third-order valence-corrected chi connectivity index (χ3v) is 9.58. The Morgan fingerprint density at radius 1 is 0.750 bits per heavy atom. The van der Waals surface area contributed by atoms with Gasteiger partial charge in [0.15, 0.2) is 0 Å². The van der Waals surface area contributed by atoms with Crippen LogP contribution in [-0.2, 0) is 51.3 Å². The lowest BCUT2D eigenvalue weighted by Gasteiger charge is -2.14. The smallest absolute Gasteiger partial charge is 0.303 e. The SMILES string of the molecule is CCC1=C(C)C(=O)N[C@H]1Cc1[nH]c(Cc2[nH]c(C[C@H]3NC(=O)C(CCS)=C3C)c(C)c2CCC(=O)O)c(CCC(=O)O)c1C. The van der Waals surface area contributed by atoms with E-state index in [2.05, 4.69) is 33.2 Å². The van der Waals surface area contributed by atoms with E-state index in [1.165, 1.54) is 0 Å². The van der Waals surface area contributed by atoms with Crippen molar-refractivity contribution in [1.82, 2.24) is 20.6 Å². The Balaban J connectivity index is 1.70. The summed E-state index contributed by atoms with van der Waals surface area (Å²) in [5, 5.41) is 25.1. The van der Waals surface area contributed by atoms with Crippen LogP contribution in [0.5, 0.6) is 0 Å². The minimum atomic E-state index is -0.884. The van der Waals surface area contributed by atoms with Crippen LogP contribution >= 0.6 is 12.6 Å². The second-order valence-corrected chi connectivity index (χ2v) is 12.4. The van der Waals surface area contributed by atoms with Gasteiger partial charge in [0.05, 0.1) is 12.1 Å². The Bertz CT molecular complexity index is 1550. The average molecular weight is 625 g/mol. The first-order chi connectivity index (χ1) is 20.9. The number of H-pyrrole nitrogens is 2. The lowest BCUT2D eigenvalue weighted by atomic mass is 9.95. The van der Waals surface area contributed by atoms with Crippen LogP contribution in [-0.4, -0.2) is 61.8 Å². The number of nitrogens with one attached hydrogen (secondary N) is 4. The molecule has 6 N–H and O–H groups in total. The van der Waals surface area contributed by atoms with Crippen molar-refractivity contribution in [2.75, 3.05) is 5.75 Å². The number of hydrogen-bond acceptors (Lipinski definition) is 5. The van der Waals surface area contributed by atoms with Crippen LogP contribution in [0.15, 0.2) is 22.3 Å². The largest absolute Gasteiger partial charge is 0.481 e. The number of aromatic nitrogens is 2. The number of hydrogen-bond donors (Lipinski definition) is 7. The molecule has 0 saturated heterocycles. The fourth-order valence-electron chi connectivity index (χ4n) is 6.77. The van der Waals surface area contributed by atoms with Gasteiger partial charge >= 0.3 is 11.9 Å². The number of aromatic amines is 2.